The average Bonchev–Trinajstić information content (AvgIpc) is 2.83. The molecular formula is C19H28BNO4. The van der Waals surface area contributed by atoms with E-state index in [0.717, 1.165) is 19.4 Å². The van der Waals surface area contributed by atoms with Crippen LogP contribution in [0.4, 0.5) is 0 Å². The first-order valence-corrected chi connectivity index (χ1v) is 8.77. The Hall–Kier alpha value is -1.66. The number of allylic oxidation sites excluding steroid dienone is 4. The molecule has 3 rings (SSSR count). The first-order valence-electron chi connectivity index (χ1n) is 8.77. The number of carbonyl (C=O) groups excluding carboxylic acids is 1. The molecule has 0 spiro atoms. The van der Waals surface area contributed by atoms with Gasteiger partial charge in [-0.15, -0.1) is 0 Å². The summed E-state index contributed by atoms with van der Waals surface area (Å²) in [6.07, 6.45) is 13.9. The van der Waals surface area contributed by atoms with Crippen LogP contribution in [0.3, 0.4) is 0 Å². The summed E-state index contributed by atoms with van der Waals surface area (Å²) in [4.78, 5) is 13.9. The number of nitrogens with zero attached hydrogens (tertiary/aromatic N) is 1. The molecule has 0 N–H and O–H groups in total. The van der Waals surface area contributed by atoms with Crippen molar-refractivity contribution < 1.29 is 18.8 Å². The van der Waals surface area contributed by atoms with Gasteiger partial charge in [-0.25, -0.2) is 0 Å². The zero-order valence-corrected chi connectivity index (χ0v) is 15.6. The van der Waals surface area contributed by atoms with Crippen LogP contribution in [0.2, 0.25) is 0 Å². The van der Waals surface area contributed by atoms with Gasteiger partial charge in [-0.3, -0.25) is 9.79 Å². The molecule has 0 radical (unpaired) electrons. The van der Waals surface area contributed by atoms with Gasteiger partial charge in [0, 0.05) is 18.6 Å². The maximum absolute atomic E-state index is 9.78. The molecular weight excluding hydrogens is 317 g/mol. The van der Waals surface area contributed by atoms with Gasteiger partial charge in [-0.1, -0.05) is 30.4 Å². The highest BCUT2D eigenvalue weighted by molar-refractivity contribution is 6.55. The lowest BCUT2D eigenvalue weighted by molar-refractivity contribution is -0.129. The predicted molar refractivity (Wildman–Crippen MR) is 101 cm³/mol. The van der Waals surface area contributed by atoms with E-state index >= 15 is 0 Å². The molecule has 0 saturated carbocycles. The van der Waals surface area contributed by atoms with E-state index in [4.69, 9.17) is 9.31 Å². The first-order chi connectivity index (χ1) is 11.9. The molecule has 1 saturated heterocycles. The monoisotopic (exact) mass is 345 g/mol. The van der Waals surface area contributed by atoms with E-state index in [0.29, 0.717) is 19.0 Å². The van der Waals surface area contributed by atoms with Crippen molar-refractivity contribution in [1.29, 1.82) is 0 Å². The van der Waals surface area contributed by atoms with E-state index in [2.05, 4.69) is 49.6 Å². The van der Waals surface area contributed by atoms with Crippen LogP contribution in [0.25, 0.3) is 0 Å². The minimum absolute atomic E-state index is 0.193. The second-order valence-electron chi connectivity index (χ2n) is 7.36. The fourth-order valence-corrected chi connectivity index (χ4v) is 2.60. The molecule has 0 amide bonds. The van der Waals surface area contributed by atoms with Crippen LogP contribution in [-0.4, -0.2) is 44.2 Å². The smallest absolute Gasteiger partial charge is 0.467 e. The highest BCUT2D eigenvalue weighted by Gasteiger charge is 2.52. The molecule has 0 bridgehead atoms. The molecule has 5 nitrogen and oxygen atoms in total. The summed E-state index contributed by atoms with van der Waals surface area (Å²) in [7, 11) is -0.193. The lowest BCUT2D eigenvalue weighted by Crippen LogP contribution is -2.41. The lowest BCUT2D eigenvalue weighted by Gasteiger charge is -2.32. The number of rotatable bonds is 4. The molecule has 1 unspecified atom stereocenters. The number of hydrogen-bond donors (Lipinski definition) is 0. The Labute approximate surface area is 151 Å². The van der Waals surface area contributed by atoms with E-state index < -0.39 is 0 Å². The molecule has 3 aliphatic rings. The third-order valence-electron chi connectivity index (χ3n) is 4.92. The molecule has 0 aromatic rings. The fourth-order valence-electron chi connectivity index (χ4n) is 2.60. The maximum atomic E-state index is 9.78. The summed E-state index contributed by atoms with van der Waals surface area (Å²) >= 11 is 0. The topological polar surface area (TPSA) is 57.1 Å². The Morgan fingerprint density at radius 2 is 2.00 bits per heavy atom. The van der Waals surface area contributed by atoms with Crippen LogP contribution in [0.1, 0.15) is 40.5 Å². The van der Waals surface area contributed by atoms with Gasteiger partial charge in [0.05, 0.1) is 24.4 Å². The van der Waals surface area contributed by atoms with Gasteiger partial charge in [0.15, 0.2) is 0 Å². The van der Waals surface area contributed by atoms with Crippen molar-refractivity contribution in [2.45, 2.75) is 51.7 Å². The predicted octanol–water partition coefficient (Wildman–Crippen LogP) is 3.31. The molecule has 1 aliphatic carbocycles. The van der Waals surface area contributed by atoms with Crippen molar-refractivity contribution in [3.8, 4) is 0 Å². The van der Waals surface area contributed by atoms with Crippen molar-refractivity contribution in [3.63, 3.8) is 0 Å². The SMILES string of the molecule is CC1(C)OB(C2=CCN=CC2)OC1(C)C.O=COCC1C=CC=CC1. The second kappa shape index (κ2) is 8.63. The van der Waals surface area contributed by atoms with Gasteiger partial charge < -0.3 is 14.0 Å². The molecule has 1 atom stereocenters. The van der Waals surface area contributed by atoms with Crippen molar-refractivity contribution in [2.75, 3.05) is 13.2 Å². The quantitative estimate of drug-likeness (QED) is 0.579. The van der Waals surface area contributed by atoms with Gasteiger partial charge in [-0.05, 0) is 39.6 Å². The van der Waals surface area contributed by atoms with Crippen LogP contribution in [-0.2, 0) is 18.8 Å². The second-order valence-corrected chi connectivity index (χ2v) is 7.36. The van der Waals surface area contributed by atoms with E-state index in [1.54, 1.807) is 0 Å². The highest BCUT2D eigenvalue weighted by Crippen LogP contribution is 2.39. The highest BCUT2D eigenvalue weighted by atomic mass is 16.7. The third kappa shape index (κ3) is 5.41. The molecule has 0 aromatic heterocycles. The number of dihydropyridines is 1. The first kappa shape index (κ1) is 19.7. The van der Waals surface area contributed by atoms with Gasteiger partial charge in [0.1, 0.15) is 0 Å². The summed E-state index contributed by atoms with van der Waals surface area (Å²) in [5.41, 5.74) is 0.712. The maximum Gasteiger partial charge on any atom is 0.490 e. The number of aliphatic imine (C=N–C) groups is 1. The Morgan fingerprint density at radius 3 is 2.52 bits per heavy atom. The molecule has 6 heteroatoms. The summed E-state index contributed by atoms with van der Waals surface area (Å²) in [6, 6.07) is 0. The van der Waals surface area contributed by atoms with Crippen molar-refractivity contribution in [1.82, 2.24) is 0 Å². The zero-order chi connectivity index (χ0) is 18.3. The zero-order valence-electron chi connectivity index (χ0n) is 15.6. The van der Waals surface area contributed by atoms with Gasteiger partial charge >= 0.3 is 7.12 Å². The van der Waals surface area contributed by atoms with E-state index in [9.17, 15) is 4.79 Å². The van der Waals surface area contributed by atoms with Crippen molar-refractivity contribution >= 4 is 19.8 Å². The van der Waals surface area contributed by atoms with Crippen LogP contribution >= 0.6 is 0 Å². The van der Waals surface area contributed by atoms with Crippen LogP contribution < -0.4 is 0 Å². The normalized spacial score (nSPS) is 25.8. The molecule has 2 heterocycles. The number of ether oxygens (including phenoxy) is 1. The Balaban J connectivity index is 0.000000196. The van der Waals surface area contributed by atoms with Gasteiger partial charge in [0.2, 0.25) is 0 Å². The van der Waals surface area contributed by atoms with Crippen molar-refractivity contribution in [2.24, 2.45) is 10.9 Å². The van der Waals surface area contributed by atoms with E-state index in [-0.39, 0.29) is 18.3 Å². The third-order valence-corrected chi connectivity index (χ3v) is 4.92. The minimum Gasteiger partial charge on any atom is -0.467 e. The molecule has 25 heavy (non-hydrogen) atoms. The average molecular weight is 345 g/mol. The van der Waals surface area contributed by atoms with E-state index in [1.807, 2.05) is 24.4 Å². The fraction of sp³-hybridized carbons (Fsp3) is 0.579. The minimum atomic E-state index is -0.243. The Kier molecular flexibility index (Phi) is 6.79. The molecule has 0 aromatic carbocycles. The largest absolute Gasteiger partial charge is 0.490 e. The standard InChI is InChI=1S/C11H18BNO2.C8H10O2/c1-10(2)11(3,4)15-12(14-10)9-5-7-13-8-6-9;9-7-10-6-8-4-2-1-3-5-8/h5,8H,6-7H2,1-4H3;1-4,7-8H,5-6H2. The van der Waals surface area contributed by atoms with Gasteiger partial charge in [0.25, 0.3) is 6.47 Å². The van der Waals surface area contributed by atoms with Crippen LogP contribution in [0.5, 0.6) is 0 Å². The van der Waals surface area contributed by atoms with Gasteiger partial charge in [-0.2, -0.15) is 0 Å². The summed E-state index contributed by atoms with van der Waals surface area (Å²) in [5.74, 6) is 0.384. The summed E-state index contributed by atoms with van der Waals surface area (Å²) < 4.78 is 16.5. The van der Waals surface area contributed by atoms with Crippen molar-refractivity contribution in [3.05, 3.63) is 35.9 Å². The number of hydrogen-bond acceptors (Lipinski definition) is 5. The Morgan fingerprint density at radius 1 is 1.28 bits per heavy atom. The molecule has 2 aliphatic heterocycles. The Bertz CT molecular complexity index is 562. The summed E-state index contributed by atoms with van der Waals surface area (Å²) in [6.45, 7) is 10.0. The van der Waals surface area contributed by atoms with E-state index in [1.165, 1.54) is 5.47 Å². The summed E-state index contributed by atoms with van der Waals surface area (Å²) in [5, 5.41) is 0. The molecule has 1 fully saturated rings. The van der Waals surface area contributed by atoms with Crippen LogP contribution in [0, 0.1) is 5.92 Å². The van der Waals surface area contributed by atoms with Crippen LogP contribution in [0.15, 0.2) is 40.8 Å². The molecule has 136 valence electrons. The lowest BCUT2D eigenvalue weighted by atomic mass is 9.75. The number of carbonyl (C=O) groups is 1.